The summed E-state index contributed by atoms with van der Waals surface area (Å²) in [6, 6.07) is 7.39. The Morgan fingerprint density at radius 2 is 1.96 bits per heavy atom. The molecule has 1 unspecified atom stereocenters. The molecule has 1 fully saturated rings. The number of nitrogens with one attached hydrogen (secondary N) is 1. The lowest BCUT2D eigenvalue weighted by molar-refractivity contribution is 0.731. The fraction of sp³-hybridized carbons (Fsp3) is 0.389. The summed E-state index contributed by atoms with van der Waals surface area (Å²) in [6.07, 6.45) is 2.79. The molecule has 0 saturated carbocycles. The first-order chi connectivity index (χ1) is 13.0. The van der Waals surface area contributed by atoms with Crippen LogP contribution in [0.15, 0.2) is 35.3 Å². The Kier molecular flexibility index (Phi) is 4.35. The van der Waals surface area contributed by atoms with Crippen molar-refractivity contribution in [2.45, 2.75) is 19.3 Å². The van der Waals surface area contributed by atoms with Crippen LogP contribution in [0, 0.1) is 6.92 Å². The predicted octanol–water partition coefficient (Wildman–Crippen LogP) is 1.11. The van der Waals surface area contributed by atoms with Crippen molar-refractivity contribution in [1.82, 2.24) is 29.9 Å². The minimum absolute atomic E-state index is 0.124. The second-order valence-electron chi connectivity index (χ2n) is 6.97. The van der Waals surface area contributed by atoms with E-state index in [0.717, 1.165) is 36.7 Å². The Morgan fingerprint density at radius 3 is 2.63 bits per heavy atom. The lowest BCUT2D eigenvalue weighted by Gasteiger charge is -2.17. The summed E-state index contributed by atoms with van der Waals surface area (Å²) in [5.74, 6) is 2.29. The highest BCUT2D eigenvalue weighted by molar-refractivity contribution is 5.42. The second-order valence-corrected chi connectivity index (χ2v) is 6.97. The average molecular weight is 366 g/mol. The molecule has 9 heteroatoms. The molecule has 1 atom stereocenters. The van der Waals surface area contributed by atoms with Crippen molar-refractivity contribution in [3.63, 3.8) is 0 Å². The molecule has 3 aromatic heterocycles. The quantitative estimate of drug-likeness (QED) is 0.739. The van der Waals surface area contributed by atoms with Gasteiger partial charge in [-0.05, 0) is 31.5 Å². The number of rotatable bonds is 4. The maximum Gasteiger partial charge on any atom is 0.252 e. The molecule has 4 rings (SSSR count). The Bertz CT molecular complexity index is 991. The number of hydrogen-bond acceptors (Lipinski definition) is 7. The topological polar surface area (TPSA) is 95.8 Å². The second kappa shape index (κ2) is 6.82. The molecule has 1 aliphatic heterocycles. The Labute approximate surface area is 156 Å². The third kappa shape index (κ3) is 3.53. The average Bonchev–Trinajstić information content (AvgIpc) is 3.31. The lowest BCUT2D eigenvalue weighted by atomic mass is 10.1. The minimum atomic E-state index is -0.124. The number of hydrogen-bond donors (Lipinski definition) is 1. The van der Waals surface area contributed by atoms with E-state index in [1.807, 2.05) is 45.4 Å². The SMILES string of the molecule is Cc1ccn(-c2ccc(N3CCC(c4cc(=O)[nH]c(N(C)C)n4)C3)nn2)n1. The maximum absolute atomic E-state index is 11.9. The van der Waals surface area contributed by atoms with Gasteiger partial charge in [-0.1, -0.05) is 0 Å². The van der Waals surface area contributed by atoms with Gasteiger partial charge in [0.15, 0.2) is 11.6 Å². The van der Waals surface area contributed by atoms with Crippen molar-refractivity contribution in [1.29, 1.82) is 0 Å². The maximum atomic E-state index is 11.9. The first kappa shape index (κ1) is 17.2. The molecular weight excluding hydrogens is 344 g/mol. The van der Waals surface area contributed by atoms with E-state index in [2.05, 4.69) is 30.2 Å². The van der Waals surface area contributed by atoms with Gasteiger partial charge in [0.25, 0.3) is 5.56 Å². The third-order valence-electron chi connectivity index (χ3n) is 4.70. The molecule has 9 nitrogen and oxygen atoms in total. The van der Waals surface area contributed by atoms with E-state index in [1.54, 1.807) is 15.6 Å². The van der Waals surface area contributed by atoms with Gasteiger partial charge in [-0.15, -0.1) is 10.2 Å². The highest BCUT2D eigenvalue weighted by atomic mass is 16.1. The third-order valence-corrected chi connectivity index (χ3v) is 4.70. The van der Waals surface area contributed by atoms with Crippen LogP contribution in [0.2, 0.25) is 0 Å². The Hall–Kier alpha value is -3.23. The first-order valence-electron chi connectivity index (χ1n) is 8.89. The van der Waals surface area contributed by atoms with Crippen LogP contribution in [0.25, 0.3) is 5.82 Å². The van der Waals surface area contributed by atoms with Gasteiger partial charge in [0.1, 0.15) is 0 Å². The molecule has 1 saturated heterocycles. The molecule has 4 heterocycles. The monoisotopic (exact) mass is 366 g/mol. The van der Waals surface area contributed by atoms with Gasteiger partial charge in [-0.3, -0.25) is 9.78 Å². The van der Waals surface area contributed by atoms with Crippen molar-refractivity contribution < 1.29 is 0 Å². The van der Waals surface area contributed by atoms with Crippen molar-refractivity contribution in [3.05, 3.63) is 52.2 Å². The largest absolute Gasteiger partial charge is 0.354 e. The number of aromatic nitrogens is 6. The number of anilines is 2. The van der Waals surface area contributed by atoms with E-state index >= 15 is 0 Å². The van der Waals surface area contributed by atoms with E-state index in [-0.39, 0.29) is 11.5 Å². The smallest absolute Gasteiger partial charge is 0.252 e. The molecule has 3 aromatic rings. The van der Waals surface area contributed by atoms with Gasteiger partial charge < -0.3 is 9.80 Å². The van der Waals surface area contributed by atoms with E-state index in [1.165, 1.54) is 0 Å². The van der Waals surface area contributed by atoms with Gasteiger partial charge in [0.2, 0.25) is 5.95 Å². The summed E-state index contributed by atoms with van der Waals surface area (Å²) in [5, 5.41) is 13.0. The predicted molar refractivity (Wildman–Crippen MR) is 103 cm³/mol. The van der Waals surface area contributed by atoms with Gasteiger partial charge in [0, 0.05) is 45.4 Å². The molecule has 0 spiro atoms. The number of aryl methyl sites for hydroxylation is 1. The molecular formula is C18H22N8O. The fourth-order valence-electron chi connectivity index (χ4n) is 3.25. The van der Waals surface area contributed by atoms with Crippen molar-refractivity contribution in [2.75, 3.05) is 37.0 Å². The van der Waals surface area contributed by atoms with Crippen LogP contribution in [0.3, 0.4) is 0 Å². The molecule has 0 radical (unpaired) electrons. The van der Waals surface area contributed by atoms with E-state index in [0.29, 0.717) is 11.8 Å². The number of nitrogens with zero attached hydrogens (tertiary/aromatic N) is 7. The van der Waals surface area contributed by atoms with Crippen molar-refractivity contribution in [3.8, 4) is 5.82 Å². The molecule has 0 bridgehead atoms. The first-order valence-corrected chi connectivity index (χ1v) is 8.89. The summed E-state index contributed by atoms with van der Waals surface area (Å²) in [5.41, 5.74) is 1.63. The zero-order valence-corrected chi connectivity index (χ0v) is 15.6. The van der Waals surface area contributed by atoms with Gasteiger partial charge in [-0.2, -0.15) is 5.10 Å². The van der Waals surface area contributed by atoms with Gasteiger partial charge in [0.05, 0.1) is 11.4 Å². The lowest BCUT2D eigenvalue weighted by Crippen LogP contribution is -2.23. The van der Waals surface area contributed by atoms with Crippen LogP contribution < -0.4 is 15.4 Å². The van der Waals surface area contributed by atoms with Crippen LogP contribution in [0.5, 0.6) is 0 Å². The highest BCUT2D eigenvalue weighted by Crippen LogP contribution is 2.28. The van der Waals surface area contributed by atoms with Crippen LogP contribution in [0.4, 0.5) is 11.8 Å². The minimum Gasteiger partial charge on any atom is -0.354 e. The summed E-state index contributed by atoms with van der Waals surface area (Å²) in [4.78, 5) is 23.3. The molecule has 1 N–H and O–H groups in total. The van der Waals surface area contributed by atoms with Crippen molar-refractivity contribution >= 4 is 11.8 Å². The molecule has 0 aliphatic carbocycles. The van der Waals surface area contributed by atoms with Crippen LogP contribution in [-0.4, -0.2) is 57.1 Å². The zero-order chi connectivity index (χ0) is 19.0. The summed E-state index contributed by atoms with van der Waals surface area (Å²) < 4.78 is 1.71. The van der Waals surface area contributed by atoms with Gasteiger partial charge in [-0.25, -0.2) is 9.67 Å². The van der Waals surface area contributed by atoms with E-state index in [4.69, 9.17) is 0 Å². The summed E-state index contributed by atoms with van der Waals surface area (Å²) in [7, 11) is 3.72. The fourth-order valence-corrected chi connectivity index (χ4v) is 3.25. The Morgan fingerprint density at radius 1 is 1.19 bits per heavy atom. The molecule has 140 valence electrons. The molecule has 0 aromatic carbocycles. The van der Waals surface area contributed by atoms with Crippen molar-refractivity contribution in [2.24, 2.45) is 0 Å². The van der Waals surface area contributed by atoms with Crippen LogP contribution in [-0.2, 0) is 0 Å². The normalized spacial score (nSPS) is 16.7. The number of H-pyrrole nitrogens is 1. The summed E-state index contributed by atoms with van der Waals surface area (Å²) in [6.45, 7) is 3.55. The number of aromatic amines is 1. The van der Waals surface area contributed by atoms with E-state index in [9.17, 15) is 4.79 Å². The van der Waals surface area contributed by atoms with E-state index < -0.39 is 0 Å². The molecule has 27 heavy (non-hydrogen) atoms. The molecule has 1 aliphatic rings. The van der Waals surface area contributed by atoms with Crippen LogP contribution in [0.1, 0.15) is 23.7 Å². The summed E-state index contributed by atoms with van der Waals surface area (Å²) >= 11 is 0. The van der Waals surface area contributed by atoms with Gasteiger partial charge >= 0.3 is 0 Å². The highest BCUT2D eigenvalue weighted by Gasteiger charge is 2.27. The standard InChI is InChI=1S/C18H22N8O/c1-12-6-9-26(23-12)16-5-4-15(21-22-16)25-8-7-13(11-25)14-10-17(27)20-18(19-14)24(2)3/h4-6,9-10,13H,7-8,11H2,1-3H3,(H,19,20,27). The van der Waals surface area contributed by atoms with Crippen LogP contribution >= 0.6 is 0 Å². The molecule has 0 amide bonds. The Balaban J connectivity index is 1.50. The zero-order valence-electron chi connectivity index (χ0n) is 15.6.